The lowest BCUT2D eigenvalue weighted by molar-refractivity contribution is 0.622. The summed E-state index contributed by atoms with van der Waals surface area (Å²) in [6.07, 6.45) is 1.70. The third-order valence-corrected chi connectivity index (χ3v) is 2.12. The van der Waals surface area contributed by atoms with E-state index in [9.17, 15) is 0 Å². The van der Waals surface area contributed by atoms with E-state index in [4.69, 9.17) is 0 Å². The van der Waals surface area contributed by atoms with Crippen LogP contribution in [0.4, 0.5) is 11.8 Å². The highest BCUT2D eigenvalue weighted by Crippen LogP contribution is 2.13. The van der Waals surface area contributed by atoms with Gasteiger partial charge in [0.25, 0.3) is 0 Å². The maximum Gasteiger partial charge on any atom is 0.245 e. The van der Waals surface area contributed by atoms with Crippen molar-refractivity contribution in [2.75, 3.05) is 23.3 Å². The predicted octanol–water partition coefficient (Wildman–Crippen LogP) is 1.93. The van der Waals surface area contributed by atoms with E-state index in [1.54, 1.807) is 6.20 Å². The van der Waals surface area contributed by atoms with Gasteiger partial charge in [0.05, 0.1) is 6.20 Å². The molecule has 90 valence electrons. The summed E-state index contributed by atoms with van der Waals surface area (Å²) >= 11 is 0. The molecule has 1 heterocycles. The Bertz CT molecular complexity index is 327. The Morgan fingerprint density at radius 3 is 2.38 bits per heavy atom. The molecule has 1 N–H and O–H groups in total. The van der Waals surface area contributed by atoms with Crippen LogP contribution in [-0.2, 0) is 0 Å². The van der Waals surface area contributed by atoms with Gasteiger partial charge in [-0.3, -0.25) is 0 Å². The van der Waals surface area contributed by atoms with Crippen LogP contribution in [-0.4, -0.2) is 33.8 Å². The quantitative estimate of drug-likeness (QED) is 0.845. The van der Waals surface area contributed by atoms with Crippen molar-refractivity contribution in [1.29, 1.82) is 0 Å². The fourth-order valence-electron chi connectivity index (χ4n) is 1.38. The van der Waals surface area contributed by atoms with E-state index in [2.05, 4.69) is 60.0 Å². The smallest absolute Gasteiger partial charge is 0.245 e. The van der Waals surface area contributed by atoms with Crippen LogP contribution in [0.25, 0.3) is 0 Å². The fourth-order valence-corrected chi connectivity index (χ4v) is 1.38. The number of nitrogens with zero attached hydrogens (tertiary/aromatic N) is 4. The summed E-state index contributed by atoms with van der Waals surface area (Å²) in [4.78, 5) is 6.58. The van der Waals surface area contributed by atoms with Crippen LogP contribution in [0.3, 0.4) is 0 Å². The summed E-state index contributed by atoms with van der Waals surface area (Å²) in [7, 11) is 0. The topological polar surface area (TPSA) is 53.9 Å². The molecule has 1 aromatic heterocycles. The minimum absolute atomic E-state index is 0.0520. The van der Waals surface area contributed by atoms with Gasteiger partial charge in [0.1, 0.15) is 0 Å². The molecule has 0 spiro atoms. The Morgan fingerprint density at radius 1 is 1.25 bits per heavy atom. The first-order valence-corrected chi connectivity index (χ1v) is 5.69. The van der Waals surface area contributed by atoms with Crippen LogP contribution in [0.5, 0.6) is 0 Å². The minimum atomic E-state index is -0.0520. The van der Waals surface area contributed by atoms with Crippen molar-refractivity contribution in [3.8, 4) is 0 Å². The highest BCUT2D eigenvalue weighted by Gasteiger charge is 2.13. The fraction of sp³-hybridized carbons (Fsp3) is 0.727. The standard InChI is InChI=1S/C11H21N5/c1-6-16(7-2)9-8-12-15-10(13-9)14-11(3,4)5/h8H,6-7H2,1-5H3,(H,13,14,15). The van der Waals surface area contributed by atoms with E-state index in [0.717, 1.165) is 18.9 Å². The largest absolute Gasteiger partial charge is 0.356 e. The Balaban J connectivity index is 2.86. The van der Waals surface area contributed by atoms with E-state index < -0.39 is 0 Å². The van der Waals surface area contributed by atoms with Crippen LogP contribution in [0, 0.1) is 0 Å². The van der Waals surface area contributed by atoms with E-state index in [1.807, 2.05) is 0 Å². The molecule has 0 aliphatic heterocycles. The minimum Gasteiger partial charge on any atom is -0.356 e. The molecule has 0 saturated carbocycles. The van der Waals surface area contributed by atoms with Gasteiger partial charge in [-0.15, -0.1) is 5.10 Å². The van der Waals surface area contributed by atoms with Gasteiger partial charge in [0.2, 0.25) is 5.95 Å². The van der Waals surface area contributed by atoms with Gasteiger partial charge in [0.15, 0.2) is 5.82 Å². The van der Waals surface area contributed by atoms with Gasteiger partial charge >= 0.3 is 0 Å². The van der Waals surface area contributed by atoms with Gasteiger partial charge in [-0.2, -0.15) is 10.1 Å². The molecule has 0 saturated heterocycles. The number of anilines is 2. The summed E-state index contributed by atoms with van der Waals surface area (Å²) in [5.41, 5.74) is -0.0520. The molecule has 1 aromatic rings. The molecule has 0 aliphatic rings. The number of hydrogen-bond donors (Lipinski definition) is 1. The first-order chi connectivity index (χ1) is 7.46. The molecule has 0 bridgehead atoms. The van der Waals surface area contributed by atoms with Crippen molar-refractivity contribution in [2.24, 2.45) is 0 Å². The SMILES string of the molecule is CCN(CC)c1cnnc(NC(C)(C)C)n1. The molecule has 0 fully saturated rings. The van der Waals surface area contributed by atoms with Crippen LogP contribution >= 0.6 is 0 Å². The van der Waals surface area contributed by atoms with E-state index >= 15 is 0 Å². The first kappa shape index (κ1) is 12.7. The van der Waals surface area contributed by atoms with E-state index in [1.165, 1.54) is 0 Å². The lowest BCUT2D eigenvalue weighted by Crippen LogP contribution is -2.29. The van der Waals surface area contributed by atoms with Gasteiger partial charge in [0, 0.05) is 18.6 Å². The van der Waals surface area contributed by atoms with Gasteiger partial charge in [-0.25, -0.2) is 0 Å². The number of aromatic nitrogens is 3. The number of hydrogen-bond acceptors (Lipinski definition) is 5. The Kier molecular flexibility index (Phi) is 4.04. The van der Waals surface area contributed by atoms with Crippen LogP contribution in [0.1, 0.15) is 34.6 Å². The zero-order valence-electron chi connectivity index (χ0n) is 10.8. The van der Waals surface area contributed by atoms with Crippen LogP contribution in [0.15, 0.2) is 6.20 Å². The number of rotatable bonds is 4. The first-order valence-electron chi connectivity index (χ1n) is 5.69. The van der Waals surface area contributed by atoms with Crippen molar-refractivity contribution in [3.05, 3.63) is 6.20 Å². The summed E-state index contributed by atoms with van der Waals surface area (Å²) in [5.74, 6) is 1.45. The second-order valence-electron chi connectivity index (χ2n) is 4.69. The predicted molar refractivity (Wildman–Crippen MR) is 66.8 cm³/mol. The molecule has 0 amide bonds. The monoisotopic (exact) mass is 223 g/mol. The lowest BCUT2D eigenvalue weighted by Gasteiger charge is -2.22. The van der Waals surface area contributed by atoms with Crippen molar-refractivity contribution in [1.82, 2.24) is 15.2 Å². The molecule has 0 unspecified atom stereocenters. The Labute approximate surface area is 97.3 Å². The summed E-state index contributed by atoms with van der Waals surface area (Å²) < 4.78 is 0. The third kappa shape index (κ3) is 3.64. The lowest BCUT2D eigenvalue weighted by atomic mass is 10.1. The molecule has 0 radical (unpaired) electrons. The van der Waals surface area contributed by atoms with E-state index in [-0.39, 0.29) is 5.54 Å². The molecule has 1 rings (SSSR count). The molecule has 5 nitrogen and oxygen atoms in total. The van der Waals surface area contributed by atoms with E-state index in [0.29, 0.717) is 5.95 Å². The number of nitrogens with one attached hydrogen (secondary N) is 1. The highest BCUT2D eigenvalue weighted by atomic mass is 15.3. The molecule has 5 heteroatoms. The van der Waals surface area contributed by atoms with Crippen LogP contribution in [0.2, 0.25) is 0 Å². The average Bonchev–Trinajstić information content (AvgIpc) is 2.17. The van der Waals surface area contributed by atoms with Crippen molar-refractivity contribution in [3.63, 3.8) is 0 Å². The zero-order chi connectivity index (χ0) is 12.2. The maximum absolute atomic E-state index is 4.44. The molecule has 0 atom stereocenters. The summed E-state index contributed by atoms with van der Waals surface area (Å²) in [5, 5.41) is 11.2. The molecule has 0 aliphatic carbocycles. The summed E-state index contributed by atoms with van der Waals surface area (Å²) in [6, 6.07) is 0. The average molecular weight is 223 g/mol. The highest BCUT2D eigenvalue weighted by molar-refractivity contribution is 5.40. The van der Waals surface area contributed by atoms with Crippen molar-refractivity contribution < 1.29 is 0 Å². The molecular formula is C11H21N5. The maximum atomic E-state index is 4.44. The third-order valence-electron chi connectivity index (χ3n) is 2.12. The Morgan fingerprint density at radius 2 is 1.88 bits per heavy atom. The Hall–Kier alpha value is -1.39. The van der Waals surface area contributed by atoms with Crippen LogP contribution < -0.4 is 10.2 Å². The molecular weight excluding hydrogens is 202 g/mol. The summed E-state index contributed by atoms with van der Waals surface area (Å²) in [6.45, 7) is 12.3. The van der Waals surface area contributed by atoms with Crippen molar-refractivity contribution in [2.45, 2.75) is 40.2 Å². The zero-order valence-corrected chi connectivity index (χ0v) is 10.8. The second-order valence-corrected chi connectivity index (χ2v) is 4.69. The second kappa shape index (κ2) is 5.09. The van der Waals surface area contributed by atoms with Gasteiger partial charge < -0.3 is 10.2 Å². The molecule has 16 heavy (non-hydrogen) atoms. The molecule has 0 aromatic carbocycles. The van der Waals surface area contributed by atoms with Crippen molar-refractivity contribution >= 4 is 11.8 Å². The van der Waals surface area contributed by atoms with Gasteiger partial charge in [-0.1, -0.05) is 0 Å². The normalized spacial score (nSPS) is 11.3. The van der Waals surface area contributed by atoms with Gasteiger partial charge in [-0.05, 0) is 34.6 Å².